The zero-order valence-electron chi connectivity index (χ0n) is 8.94. The summed E-state index contributed by atoms with van der Waals surface area (Å²) >= 11 is 0. The lowest BCUT2D eigenvalue weighted by molar-refractivity contribution is 0.116. The summed E-state index contributed by atoms with van der Waals surface area (Å²) in [5.41, 5.74) is 0.654. The Hall–Kier alpha value is -1.62. The molecule has 1 atom stereocenters. The summed E-state index contributed by atoms with van der Waals surface area (Å²) in [6.45, 7) is 1.44. The third kappa shape index (κ3) is 3.86. The minimum atomic E-state index is -0.634. The molecule has 1 amide bonds. The van der Waals surface area contributed by atoms with E-state index in [0.29, 0.717) is 5.56 Å². The molecule has 0 spiro atoms. The molecule has 1 aromatic carbocycles. The van der Waals surface area contributed by atoms with Crippen molar-refractivity contribution >= 4 is 6.09 Å². The second-order valence-corrected chi connectivity index (χ2v) is 3.28. The summed E-state index contributed by atoms with van der Waals surface area (Å²) in [5.74, 6) is -0.352. The van der Waals surface area contributed by atoms with Crippen molar-refractivity contribution < 1.29 is 19.0 Å². The molecule has 1 rings (SSSR count). The van der Waals surface area contributed by atoms with Crippen molar-refractivity contribution in [1.29, 1.82) is 0 Å². The Morgan fingerprint density at radius 3 is 3.00 bits per heavy atom. The summed E-state index contributed by atoms with van der Waals surface area (Å²) in [6.07, 6.45) is -0.634. The van der Waals surface area contributed by atoms with Crippen molar-refractivity contribution in [2.45, 2.75) is 13.0 Å². The highest BCUT2D eigenvalue weighted by Crippen LogP contribution is 2.13. The van der Waals surface area contributed by atoms with Crippen LogP contribution < -0.4 is 5.32 Å². The normalized spacial score (nSPS) is 11.9. The number of benzene rings is 1. The molecule has 0 heterocycles. The third-order valence-corrected chi connectivity index (χ3v) is 2.01. The maximum atomic E-state index is 12.9. The summed E-state index contributed by atoms with van der Waals surface area (Å²) in [7, 11) is 0. The van der Waals surface area contributed by atoms with Gasteiger partial charge in [0.05, 0.1) is 12.6 Å². The van der Waals surface area contributed by atoms with E-state index < -0.39 is 6.09 Å². The largest absolute Gasteiger partial charge is 0.447 e. The van der Waals surface area contributed by atoms with Crippen LogP contribution in [0.2, 0.25) is 0 Å². The maximum Gasteiger partial charge on any atom is 0.407 e. The SMILES string of the molecule is C[C@H](NC(=O)OCCO)c1cccc(F)c1. The number of ether oxygens (including phenoxy) is 1. The monoisotopic (exact) mass is 227 g/mol. The zero-order chi connectivity index (χ0) is 12.0. The van der Waals surface area contributed by atoms with E-state index in [-0.39, 0.29) is 25.1 Å². The van der Waals surface area contributed by atoms with Crippen molar-refractivity contribution in [3.8, 4) is 0 Å². The predicted octanol–water partition coefficient (Wildman–Crippen LogP) is 1.61. The molecule has 5 heteroatoms. The first kappa shape index (κ1) is 12.4. The van der Waals surface area contributed by atoms with Crippen LogP contribution in [0.25, 0.3) is 0 Å². The van der Waals surface area contributed by atoms with E-state index in [0.717, 1.165) is 0 Å². The number of rotatable bonds is 4. The van der Waals surface area contributed by atoms with Gasteiger partial charge in [0.15, 0.2) is 0 Å². The van der Waals surface area contributed by atoms with Gasteiger partial charge < -0.3 is 15.2 Å². The molecule has 0 saturated carbocycles. The first-order valence-corrected chi connectivity index (χ1v) is 4.93. The van der Waals surface area contributed by atoms with Gasteiger partial charge in [0, 0.05) is 0 Å². The van der Waals surface area contributed by atoms with Gasteiger partial charge in [-0.1, -0.05) is 12.1 Å². The molecule has 4 nitrogen and oxygen atoms in total. The molecule has 16 heavy (non-hydrogen) atoms. The lowest BCUT2D eigenvalue weighted by Crippen LogP contribution is -2.28. The number of hydrogen-bond donors (Lipinski definition) is 2. The van der Waals surface area contributed by atoms with Crippen LogP contribution in [0.5, 0.6) is 0 Å². The molecule has 1 aromatic rings. The van der Waals surface area contributed by atoms with Gasteiger partial charge in [-0.25, -0.2) is 9.18 Å². The van der Waals surface area contributed by atoms with Crippen molar-refractivity contribution in [3.63, 3.8) is 0 Å². The van der Waals surface area contributed by atoms with Crippen molar-refractivity contribution in [2.75, 3.05) is 13.2 Å². The number of aliphatic hydroxyl groups excluding tert-OH is 1. The Morgan fingerprint density at radius 1 is 1.62 bits per heavy atom. The average Bonchev–Trinajstić information content (AvgIpc) is 2.26. The highest BCUT2D eigenvalue weighted by Gasteiger charge is 2.10. The first-order chi connectivity index (χ1) is 7.63. The topological polar surface area (TPSA) is 58.6 Å². The van der Waals surface area contributed by atoms with Gasteiger partial charge in [-0.15, -0.1) is 0 Å². The summed E-state index contributed by atoms with van der Waals surface area (Å²) in [4.78, 5) is 11.1. The van der Waals surface area contributed by atoms with E-state index in [9.17, 15) is 9.18 Å². The summed E-state index contributed by atoms with van der Waals surface area (Å²) in [5, 5.41) is 11.0. The van der Waals surface area contributed by atoms with Gasteiger partial charge in [-0.3, -0.25) is 0 Å². The van der Waals surface area contributed by atoms with Crippen LogP contribution in [0.3, 0.4) is 0 Å². The zero-order valence-corrected chi connectivity index (χ0v) is 8.94. The average molecular weight is 227 g/mol. The van der Waals surface area contributed by atoms with Gasteiger partial charge in [-0.2, -0.15) is 0 Å². The standard InChI is InChI=1S/C11H14FNO3/c1-8(13-11(15)16-6-5-14)9-3-2-4-10(12)7-9/h2-4,7-8,14H,5-6H2,1H3,(H,13,15)/t8-/m0/s1. The van der Waals surface area contributed by atoms with Crippen LogP contribution >= 0.6 is 0 Å². The molecule has 0 unspecified atom stereocenters. The van der Waals surface area contributed by atoms with E-state index in [4.69, 9.17) is 5.11 Å². The molecular formula is C11H14FNO3. The number of carbonyl (C=O) groups excluding carboxylic acids is 1. The Balaban J connectivity index is 2.52. The Morgan fingerprint density at radius 2 is 2.38 bits per heavy atom. The Kier molecular flexibility index (Phi) is 4.72. The number of aliphatic hydroxyl groups is 1. The highest BCUT2D eigenvalue weighted by atomic mass is 19.1. The smallest absolute Gasteiger partial charge is 0.407 e. The van der Waals surface area contributed by atoms with E-state index in [1.807, 2.05) is 0 Å². The quantitative estimate of drug-likeness (QED) is 0.821. The number of halogens is 1. The van der Waals surface area contributed by atoms with Crippen molar-refractivity contribution in [2.24, 2.45) is 0 Å². The molecule has 88 valence electrons. The summed E-state index contributed by atoms with van der Waals surface area (Å²) < 4.78 is 17.5. The molecule has 0 fully saturated rings. The van der Waals surface area contributed by atoms with E-state index >= 15 is 0 Å². The molecule has 0 bridgehead atoms. The van der Waals surface area contributed by atoms with Gasteiger partial charge in [0.1, 0.15) is 12.4 Å². The lowest BCUT2D eigenvalue weighted by Gasteiger charge is -2.14. The van der Waals surface area contributed by atoms with Crippen LogP contribution in [0, 0.1) is 5.82 Å². The van der Waals surface area contributed by atoms with E-state index in [1.165, 1.54) is 12.1 Å². The minimum absolute atomic E-state index is 0.0539. The number of nitrogens with one attached hydrogen (secondary N) is 1. The third-order valence-electron chi connectivity index (χ3n) is 2.01. The van der Waals surface area contributed by atoms with Crippen LogP contribution in [0.15, 0.2) is 24.3 Å². The van der Waals surface area contributed by atoms with E-state index in [1.54, 1.807) is 19.1 Å². The van der Waals surface area contributed by atoms with Crippen LogP contribution in [-0.2, 0) is 4.74 Å². The lowest BCUT2D eigenvalue weighted by atomic mass is 10.1. The van der Waals surface area contributed by atoms with Crippen molar-refractivity contribution in [3.05, 3.63) is 35.6 Å². The maximum absolute atomic E-state index is 12.9. The number of amides is 1. The molecule has 0 aliphatic heterocycles. The van der Waals surface area contributed by atoms with Gasteiger partial charge in [0.25, 0.3) is 0 Å². The molecule has 0 radical (unpaired) electrons. The Labute approximate surface area is 93.0 Å². The van der Waals surface area contributed by atoms with Gasteiger partial charge in [-0.05, 0) is 24.6 Å². The van der Waals surface area contributed by atoms with Crippen LogP contribution in [-0.4, -0.2) is 24.4 Å². The minimum Gasteiger partial charge on any atom is -0.447 e. The molecule has 0 saturated heterocycles. The van der Waals surface area contributed by atoms with Crippen LogP contribution in [0.1, 0.15) is 18.5 Å². The number of hydrogen-bond acceptors (Lipinski definition) is 3. The van der Waals surface area contributed by atoms with Crippen LogP contribution in [0.4, 0.5) is 9.18 Å². The second-order valence-electron chi connectivity index (χ2n) is 3.28. The predicted molar refractivity (Wildman–Crippen MR) is 56.4 cm³/mol. The molecule has 0 aliphatic rings. The first-order valence-electron chi connectivity index (χ1n) is 4.93. The van der Waals surface area contributed by atoms with Crippen molar-refractivity contribution in [1.82, 2.24) is 5.32 Å². The highest BCUT2D eigenvalue weighted by molar-refractivity contribution is 5.67. The fourth-order valence-electron chi connectivity index (χ4n) is 1.22. The van der Waals surface area contributed by atoms with Gasteiger partial charge >= 0.3 is 6.09 Å². The van der Waals surface area contributed by atoms with Gasteiger partial charge in [0.2, 0.25) is 0 Å². The number of carbonyl (C=O) groups is 1. The molecule has 0 aliphatic carbocycles. The fourth-order valence-corrected chi connectivity index (χ4v) is 1.22. The molecule has 0 aromatic heterocycles. The number of alkyl carbamates (subject to hydrolysis) is 1. The molecule has 2 N–H and O–H groups in total. The fraction of sp³-hybridized carbons (Fsp3) is 0.364. The Bertz CT molecular complexity index is 357. The summed E-state index contributed by atoms with van der Waals surface area (Å²) in [6, 6.07) is 5.61. The second kappa shape index (κ2) is 6.07. The van der Waals surface area contributed by atoms with E-state index in [2.05, 4.69) is 10.1 Å². The molecular weight excluding hydrogens is 213 g/mol.